The molecule has 0 saturated carbocycles. The standard InChI is InChI=1S/C21H23ClN8O2/c1-14-2-5-16(6-3-14)24-21-26-19(25-20(23)27-21)13-28-8-10-29(11-9-28)17-7-4-15(22)12-18(17)30(31)32/h2-7,12H,8-11,13H2,1H3,(H3,23,24,25,26,27). The second kappa shape index (κ2) is 9.33. The smallest absolute Gasteiger partial charge is 0.294 e. The van der Waals surface area contributed by atoms with E-state index in [1.807, 2.05) is 36.1 Å². The first-order chi connectivity index (χ1) is 15.4. The highest BCUT2D eigenvalue weighted by atomic mass is 35.5. The summed E-state index contributed by atoms with van der Waals surface area (Å²) in [7, 11) is 0. The number of nitrogens with one attached hydrogen (secondary N) is 1. The molecular formula is C21H23ClN8O2. The molecule has 166 valence electrons. The van der Waals surface area contributed by atoms with E-state index in [0.29, 0.717) is 55.2 Å². The molecule has 0 atom stereocenters. The van der Waals surface area contributed by atoms with Crippen molar-refractivity contribution in [1.82, 2.24) is 19.9 Å². The summed E-state index contributed by atoms with van der Waals surface area (Å²) >= 11 is 5.93. The molecule has 1 aliphatic heterocycles. The third-order valence-electron chi connectivity index (χ3n) is 5.22. The molecule has 0 bridgehead atoms. The molecule has 10 nitrogen and oxygen atoms in total. The van der Waals surface area contributed by atoms with Crippen molar-refractivity contribution in [2.24, 2.45) is 0 Å². The van der Waals surface area contributed by atoms with Crippen LogP contribution in [0.2, 0.25) is 5.02 Å². The summed E-state index contributed by atoms with van der Waals surface area (Å²) in [5, 5.41) is 14.9. The first kappa shape index (κ1) is 21.7. The molecule has 11 heteroatoms. The number of nitrogens with zero attached hydrogens (tertiary/aromatic N) is 6. The van der Waals surface area contributed by atoms with E-state index in [1.165, 1.54) is 6.07 Å². The lowest BCUT2D eigenvalue weighted by Gasteiger charge is -2.35. The quantitative estimate of drug-likeness (QED) is 0.425. The second-order valence-corrected chi connectivity index (χ2v) is 8.01. The van der Waals surface area contributed by atoms with Crippen molar-refractivity contribution in [3.8, 4) is 0 Å². The van der Waals surface area contributed by atoms with Crippen molar-refractivity contribution < 1.29 is 4.92 Å². The molecule has 0 amide bonds. The summed E-state index contributed by atoms with van der Waals surface area (Å²) in [5.74, 6) is 1.12. The summed E-state index contributed by atoms with van der Waals surface area (Å²) in [6.07, 6.45) is 0. The van der Waals surface area contributed by atoms with Gasteiger partial charge in [-0.05, 0) is 31.2 Å². The van der Waals surface area contributed by atoms with Gasteiger partial charge in [-0.1, -0.05) is 29.3 Å². The van der Waals surface area contributed by atoms with Gasteiger partial charge in [-0.3, -0.25) is 15.0 Å². The molecule has 2 aromatic carbocycles. The van der Waals surface area contributed by atoms with Crippen LogP contribution in [0.25, 0.3) is 0 Å². The molecular weight excluding hydrogens is 432 g/mol. The van der Waals surface area contributed by atoms with Crippen LogP contribution in [0.1, 0.15) is 11.4 Å². The Morgan fingerprint density at radius 1 is 1.09 bits per heavy atom. The zero-order valence-corrected chi connectivity index (χ0v) is 18.3. The van der Waals surface area contributed by atoms with E-state index in [0.717, 1.165) is 11.3 Å². The Hall–Kier alpha value is -3.50. The Morgan fingerprint density at radius 2 is 1.81 bits per heavy atom. The molecule has 32 heavy (non-hydrogen) atoms. The molecule has 0 unspecified atom stereocenters. The predicted molar refractivity (Wildman–Crippen MR) is 124 cm³/mol. The van der Waals surface area contributed by atoms with Gasteiger partial charge in [0.25, 0.3) is 5.69 Å². The average molecular weight is 455 g/mol. The van der Waals surface area contributed by atoms with Gasteiger partial charge in [-0.2, -0.15) is 15.0 Å². The lowest BCUT2D eigenvalue weighted by molar-refractivity contribution is -0.384. The maximum Gasteiger partial charge on any atom is 0.294 e. The predicted octanol–water partition coefficient (Wildman–Crippen LogP) is 3.39. The highest BCUT2D eigenvalue weighted by Gasteiger charge is 2.24. The van der Waals surface area contributed by atoms with E-state index in [2.05, 4.69) is 25.2 Å². The maximum absolute atomic E-state index is 11.4. The highest BCUT2D eigenvalue weighted by molar-refractivity contribution is 6.30. The minimum atomic E-state index is -0.399. The van der Waals surface area contributed by atoms with E-state index < -0.39 is 4.92 Å². The molecule has 0 spiro atoms. The summed E-state index contributed by atoms with van der Waals surface area (Å²) in [6, 6.07) is 12.7. The van der Waals surface area contributed by atoms with Crippen molar-refractivity contribution in [2.75, 3.05) is 42.1 Å². The molecule has 2 heterocycles. The fraction of sp³-hybridized carbons (Fsp3) is 0.286. The van der Waals surface area contributed by atoms with Crippen molar-refractivity contribution in [3.63, 3.8) is 0 Å². The lowest BCUT2D eigenvalue weighted by atomic mass is 10.2. The van der Waals surface area contributed by atoms with Gasteiger partial charge in [-0.25, -0.2) is 0 Å². The zero-order chi connectivity index (χ0) is 22.7. The number of hydrogen-bond donors (Lipinski definition) is 2. The Balaban J connectivity index is 1.41. The molecule has 1 aromatic heterocycles. The number of rotatable bonds is 6. The van der Waals surface area contributed by atoms with Crippen LogP contribution in [0.4, 0.5) is 29.0 Å². The van der Waals surface area contributed by atoms with Crippen LogP contribution in [-0.2, 0) is 6.54 Å². The Bertz CT molecular complexity index is 1120. The molecule has 1 aliphatic rings. The Kier molecular flexibility index (Phi) is 6.33. The third-order valence-corrected chi connectivity index (χ3v) is 5.45. The minimum absolute atomic E-state index is 0.0167. The van der Waals surface area contributed by atoms with Crippen molar-refractivity contribution in [2.45, 2.75) is 13.5 Å². The normalized spacial score (nSPS) is 14.4. The van der Waals surface area contributed by atoms with Crippen LogP contribution < -0.4 is 16.0 Å². The van der Waals surface area contributed by atoms with Gasteiger partial charge in [-0.15, -0.1) is 0 Å². The van der Waals surface area contributed by atoms with Gasteiger partial charge >= 0.3 is 0 Å². The van der Waals surface area contributed by atoms with Gasteiger partial charge in [0.05, 0.1) is 11.5 Å². The molecule has 0 aliphatic carbocycles. The highest BCUT2D eigenvalue weighted by Crippen LogP contribution is 2.31. The number of nitrogen functional groups attached to an aromatic ring is 1. The summed E-state index contributed by atoms with van der Waals surface area (Å²) in [6.45, 7) is 5.20. The number of piperazine rings is 1. The SMILES string of the molecule is Cc1ccc(Nc2nc(N)nc(CN3CCN(c4ccc(Cl)cc4[N+](=O)[O-])CC3)n2)cc1. The number of aromatic nitrogens is 3. The molecule has 0 radical (unpaired) electrons. The van der Waals surface area contributed by atoms with Crippen LogP contribution in [0.15, 0.2) is 42.5 Å². The van der Waals surface area contributed by atoms with Crippen molar-refractivity contribution >= 4 is 40.6 Å². The molecule has 1 fully saturated rings. The van der Waals surface area contributed by atoms with E-state index in [-0.39, 0.29) is 11.6 Å². The first-order valence-corrected chi connectivity index (χ1v) is 10.5. The number of nitrogens with two attached hydrogens (primary N) is 1. The van der Waals surface area contributed by atoms with E-state index in [4.69, 9.17) is 17.3 Å². The largest absolute Gasteiger partial charge is 0.368 e. The summed E-state index contributed by atoms with van der Waals surface area (Å²) in [5.41, 5.74) is 8.52. The second-order valence-electron chi connectivity index (χ2n) is 7.58. The van der Waals surface area contributed by atoms with Crippen molar-refractivity contribution in [1.29, 1.82) is 0 Å². The van der Waals surface area contributed by atoms with E-state index >= 15 is 0 Å². The topological polar surface area (TPSA) is 126 Å². The van der Waals surface area contributed by atoms with E-state index in [1.54, 1.807) is 12.1 Å². The van der Waals surface area contributed by atoms with Gasteiger partial charge in [0, 0.05) is 43.0 Å². The maximum atomic E-state index is 11.4. The van der Waals surface area contributed by atoms with E-state index in [9.17, 15) is 10.1 Å². The van der Waals surface area contributed by atoms with Gasteiger partial charge in [0.2, 0.25) is 11.9 Å². The number of nitro groups is 1. The first-order valence-electron chi connectivity index (χ1n) is 10.1. The minimum Gasteiger partial charge on any atom is -0.368 e. The third kappa shape index (κ3) is 5.21. The van der Waals surface area contributed by atoms with Crippen LogP contribution >= 0.6 is 11.6 Å². The molecule has 3 aromatic rings. The van der Waals surface area contributed by atoms with Gasteiger partial charge in [0.1, 0.15) is 11.5 Å². The van der Waals surface area contributed by atoms with Crippen LogP contribution in [-0.4, -0.2) is 51.0 Å². The molecule has 3 N–H and O–H groups in total. The van der Waals surface area contributed by atoms with Gasteiger partial charge < -0.3 is 16.0 Å². The monoisotopic (exact) mass is 454 g/mol. The Morgan fingerprint density at radius 3 is 2.50 bits per heavy atom. The van der Waals surface area contributed by atoms with Crippen LogP contribution in [0.5, 0.6) is 0 Å². The number of hydrogen-bond acceptors (Lipinski definition) is 9. The fourth-order valence-electron chi connectivity index (χ4n) is 3.59. The van der Waals surface area contributed by atoms with Gasteiger partial charge in [0.15, 0.2) is 0 Å². The van der Waals surface area contributed by atoms with Crippen LogP contribution in [0.3, 0.4) is 0 Å². The Labute approximate surface area is 190 Å². The van der Waals surface area contributed by atoms with Crippen LogP contribution in [0, 0.1) is 17.0 Å². The number of aryl methyl sites for hydroxylation is 1. The summed E-state index contributed by atoms with van der Waals surface area (Å²) in [4.78, 5) is 28.1. The summed E-state index contributed by atoms with van der Waals surface area (Å²) < 4.78 is 0. The zero-order valence-electron chi connectivity index (χ0n) is 17.5. The molecule has 4 rings (SSSR count). The number of anilines is 4. The fourth-order valence-corrected chi connectivity index (χ4v) is 3.75. The molecule has 1 saturated heterocycles. The number of nitro benzene ring substituents is 1. The van der Waals surface area contributed by atoms with Crippen molar-refractivity contribution in [3.05, 3.63) is 69.0 Å². The number of halogens is 1. The lowest BCUT2D eigenvalue weighted by Crippen LogP contribution is -2.46. The number of benzene rings is 2. The average Bonchev–Trinajstić information content (AvgIpc) is 2.75.